The normalized spacial score (nSPS) is 16.5. The van der Waals surface area contributed by atoms with Gasteiger partial charge in [-0.3, -0.25) is 4.79 Å². The molecular formula is C25H27FN4O3S. The fraction of sp³-hybridized carbons (Fsp3) is 0.360. The van der Waals surface area contributed by atoms with Gasteiger partial charge in [0, 0.05) is 42.8 Å². The molecule has 0 unspecified atom stereocenters. The van der Waals surface area contributed by atoms with Crippen LogP contribution in [0.25, 0.3) is 10.6 Å². The zero-order valence-electron chi connectivity index (χ0n) is 18.8. The van der Waals surface area contributed by atoms with Gasteiger partial charge in [0.25, 0.3) is 0 Å². The quantitative estimate of drug-likeness (QED) is 0.577. The third-order valence-electron chi connectivity index (χ3n) is 5.97. The standard InChI is InChI=1S/C25H27FN4O3S/c26-19-3-1-18(2-4-19)25-27-20(17-34-25)15-24(31)28-22-6-5-21(29-7-11-32-12-8-29)16-23(22)30-9-13-33-14-10-30/h1-6,16-17H,7-15H2,(H,28,31). The predicted molar refractivity (Wildman–Crippen MR) is 132 cm³/mol. The van der Waals surface area contributed by atoms with Crippen molar-refractivity contribution in [2.45, 2.75) is 6.42 Å². The molecule has 9 heteroatoms. The number of rotatable bonds is 6. The number of amides is 1. The molecular weight excluding hydrogens is 455 g/mol. The van der Waals surface area contributed by atoms with Gasteiger partial charge in [0.05, 0.1) is 49.9 Å². The van der Waals surface area contributed by atoms with E-state index in [1.807, 2.05) is 11.4 Å². The summed E-state index contributed by atoms with van der Waals surface area (Å²) in [5.74, 6) is -0.403. The van der Waals surface area contributed by atoms with E-state index in [0.717, 1.165) is 67.0 Å². The molecule has 0 saturated carbocycles. The number of benzene rings is 2. The van der Waals surface area contributed by atoms with Gasteiger partial charge in [-0.15, -0.1) is 11.3 Å². The molecule has 34 heavy (non-hydrogen) atoms. The minimum absolute atomic E-state index is 0.121. The summed E-state index contributed by atoms with van der Waals surface area (Å²) in [7, 11) is 0. The number of carbonyl (C=O) groups excluding carboxylic acids is 1. The van der Waals surface area contributed by atoms with Crippen molar-refractivity contribution in [2.75, 3.05) is 67.7 Å². The highest BCUT2D eigenvalue weighted by atomic mass is 32.1. The number of thiazole rings is 1. The highest BCUT2D eigenvalue weighted by molar-refractivity contribution is 7.13. The Morgan fingerprint density at radius 3 is 2.35 bits per heavy atom. The van der Waals surface area contributed by atoms with Gasteiger partial charge in [0.2, 0.25) is 5.91 Å². The van der Waals surface area contributed by atoms with E-state index in [9.17, 15) is 9.18 Å². The van der Waals surface area contributed by atoms with E-state index in [1.165, 1.54) is 23.5 Å². The first-order chi connectivity index (χ1) is 16.7. The Balaban J connectivity index is 1.31. The molecule has 2 saturated heterocycles. The van der Waals surface area contributed by atoms with Crippen molar-refractivity contribution in [3.63, 3.8) is 0 Å². The molecule has 2 fully saturated rings. The van der Waals surface area contributed by atoms with Crippen LogP contribution >= 0.6 is 11.3 Å². The molecule has 2 aliphatic heterocycles. The second-order valence-corrected chi connectivity index (χ2v) is 9.13. The third kappa shape index (κ3) is 5.38. The van der Waals surface area contributed by atoms with Crippen molar-refractivity contribution < 1.29 is 18.7 Å². The summed E-state index contributed by atoms with van der Waals surface area (Å²) in [6.45, 7) is 6.05. The number of morpholine rings is 2. The van der Waals surface area contributed by atoms with Gasteiger partial charge >= 0.3 is 0 Å². The highest BCUT2D eigenvalue weighted by Crippen LogP contribution is 2.32. The lowest BCUT2D eigenvalue weighted by Crippen LogP contribution is -2.38. The monoisotopic (exact) mass is 482 g/mol. The summed E-state index contributed by atoms with van der Waals surface area (Å²) in [4.78, 5) is 22.1. The summed E-state index contributed by atoms with van der Waals surface area (Å²) < 4.78 is 24.2. The Bertz CT molecular complexity index is 1130. The predicted octanol–water partition coefficient (Wildman–Crippen LogP) is 3.80. The number of nitrogens with zero attached hydrogens (tertiary/aromatic N) is 3. The number of carbonyl (C=O) groups is 1. The fourth-order valence-corrected chi connectivity index (χ4v) is 5.01. The number of anilines is 3. The molecule has 5 rings (SSSR count). The molecule has 2 aromatic carbocycles. The zero-order valence-corrected chi connectivity index (χ0v) is 19.7. The van der Waals surface area contributed by atoms with Gasteiger partial charge in [0.1, 0.15) is 10.8 Å². The number of ether oxygens (including phenoxy) is 2. The van der Waals surface area contributed by atoms with Crippen LogP contribution in [-0.4, -0.2) is 63.5 Å². The largest absolute Gasteiger partial charge is 0.378 e. The zero-order chi connectivity index (χ0) is 23.3. The molecule has 3 aromatic rings. The van der Waals surface area contributed by atoms with Gasteiger partial charge in [-0.2, -0.15) is 0 Å². The van der Waals surface area contributed by atoms with E-state index >= 15 is 0 Å². The number of halogens is 1. The van der Waals surface area contributed by atoms with E-state index in [0.29, 0.717) is 18.9 Å². The first kappa shape index (κ1) is 22.8. The van der Waals surface area contributed by atoms with Crippen LogP contribution in [0, 0.1) is 5.82 Å². The minimum atomic E-state index is -0.282. The van der Waals surface area contributed by atoms with Gasteiger partial charge in [-0.1, -0.05) is 0 Å². The van der Waals surface area contributed by atoms with E-state index in [-0.39, 0.29) is 18.1 Å². The Morgan fingerprint density at radius 2 is 1.65 bits per heavy atom. The van der Waals surface area contributed by atoms with E-state index in [2.05, 4.69) is 32.2 Å². The maximum Gasteiger partial charge on any atom is 0.230 e. The smallest absolute Gasteiger partial charge is 0.230 e. The average Bonchev–Trinajstić information content (AvgIpc) is 3.34. The number of aromatic nitrogens is 1. The molecule has 0 spiro atoms. The molecule has 0 aliphatic carbocycles. The molecule has 1 N–H and O–H groups in total. The minimum Gasteiger partial charge on any atom is -0.378 e. The second-order valence-electron chi connectivity index (χ2n) is 8.28. The first-order valence-corrected chi connectivity index (χ1v) is 12.3. The van der Waals surface area contributed by atoms with Crippen LogP contribution in [0.2, 0.25) is 0 Å². The SMILES string of the molecule is O=C(Cc1csc(-c2ccc(F)cc2)n1)Nc1ccc(N2CCOCC2)cc1N1CCOCC1. The summed E-state index contributed by atoms with van der Waals surface area (Å²) in [5, 5.41) is 5.74. The van der Waals surface area contributed by atoms with Crippen molar-refractivity contribution in [3.8, 4) is 10.6 Å². The molecule has 1 aromatic heterocycles. The Hall–Kier alpha value is -3.01. The maximum atomic E-state index is 13.2. The summed E-state index contributed by atoms with van der Waals surface area (Å²) >= 11 is 1.45. The van der Waals surface area contributed by atoms with Crippen molar-refractivity contribution in [3.05, 3.63) is 59.4 Å². The second kappa shape index (κ2) is 10.5. The summed E-state index contributed by atoms with van der Waals surface area (Å²) in [6, 6.07) is 12.4. The third-order valence-corrected chi connectivity index (χ3v) is 6.91. The van der Waals surface area contributed by atoms with Gasteiger partial charge in [-0.05, 0) is 42.5 Å². The van der Waals surface area contributed by atoms with Crippen LogP contribution in [0.5, 0.6) is 0 Å². The van der Waals surface area contributed by atoms with E-state index < -0.39 is 0 Å². The van der Waals surface area contributed by atoms with E-state index in [4.69, 9.17) is 9.47 Å². The lowest BCUT2D eigenvalue weighted by molar-refractivity contribution is -0.115. The van der Waals surface area contributed by atoms with Crippen LogP contribution in [0.15, 0.2) is 47.8 Å². The average molecular weight is 483 g/mol. The lowest BCUT2D eigenvalue weighted by atomic mass is 10.1. The van der Waals surface area contributed by atoms with Gasteiger partial charge in [0.15, 0.2) is 0 Å². The van der Waals surface area contributed by atoms with Gasteiger partial charge in [-0.25, -0.2) is 9.37 Å². The van der Waals surface area contributed by atoms with Crippen molar-refractivity contribution in [1.82, 2.24) is 4.98 Å². The van der Waals surface area contributed by atoms with Crippen LogP contribution < -0.4 is 15.1 Å². The molecule has 3 heterocycles. The Labute approximate surface area is 202 Å². The van der Waals surface area contributed by atoms with Crippen LogP contribution in [0.1, 0.15) is 5.69 Å². The number of nitrogens with one attached hydrogen (secondary N) is 1. The molecule has 0 radical (unpaired) electrons. The maximum absolute atomic E-state index is 13.2. The first-order valence-electron chi connectivity index (χ1n) is 11.5. The number of hydrogen-bond donors (Lipinski definition) is 1. The van der Waals surface area contributed by atoms with Crippen molar-refractivity contribution in [1.29, 1.82) is 0 Å². The molecule has 0 atom stereocenters. The number of hydrogen-bond acceptors (Lipinski definition) is 7. The molecule has 2 aliphatic rings. The summed E-state index contributed by atoms with van der Waals surface area (Å²) in [5.41, 5.74) is 4.46. The Morgan fingerprint density at radius 1 is 0.971 bits per heavy atom. The van der Waals surface area contributed by atoms with Crippen LogP contribution in [0.4, 0.5) is 21.5 Å². The van der Waals surface area contributed by atoms with Crippen LogP contribution in [0.3, 0.4) is 0 Å². The molecule has 0 bridgehead atoms. The lowest BCUT2D eigenvalue weighted by Gasteiger charge is -2.33. The molecule has 178 valence electrons. The van der Waals surface area contributed by atoms with E-state index in [1.54, 1.807) is 12.1 Å². The topological polar surface area (TPSA) is 66.9 Å². The molecule has 1 amide bonds. The fourth-order valence-electron chi connectivity index (χ4n) is 4.18. The highest BCUT2D eigenvalue weighted by Gasteiger charge is 2.20. The van der Waals surface area contributed by atoms with Crippen LogP contribution in [-0.2, 0) is 20.7 Å². The van der Waals surface area contributed by atoms with Gasteiger partial charge < -0.3 is 24.6 Å². The molecule has 7 nitrogen and oxygen atoms in total. The summed E-state index contributed by atoms with van der Waals surface area (Å²) in [6.07, 6.45) is 0.172. The van der Waals surface area contributed by atoms with Crippen molar-refractivity contribution >= 4 is 34.3 Å². The Kier molecular flexibility index (Phi) is 7.03. The van der Waals surface area contributed by atoms with Crippen molar-refractivity contribution in [2.24, 2.45) is 0 Å².